The third-order valence-corrected chi connectivity index (χ3v) is 5.22. The number of carbonyl (C=O) groups excluding carboxylic acids is 1. The molecule has 1 amide bonds. The minimum absolute atomic E-state index is 0.238. The van der Waals surface area contributed by atoms with Crippen LogP contribution in [0.3, 0.4) is 0 Å². The average Bonchev–Trinajstić information content (AvgIpc) is 2.91. The Morgan fingerprint density at radius 1 is 1.22 bits per heavy atom. The number of nitrogens with one attached hydrogen (secondary N) is 1. The number of likely N-dealkylation sites (N-methyl/N-ethyl adjacent to an activating group) is 1. The summed E-state index contributed by atoms with van der Waals surface area (Å²) in [5.41, 5.74) is 3.97. The second kappa shape index (κ2) is 7.62. The number of hydrogen-bond acceptors (Lipinski definition) is 4. The van der Waals surface area contributed by atoms with Crippen LogP contribution in [0.5, 0.6) is 0 Å². The smallest absolute Gasteiger partial charge is 0.407 e. The minimum Gasteiger partial charge on any atom is -0.459 e. The molecule has 6 heteroatoms. The second-order valence-corrected chi connectivity index (χ2v) is 7.21. The molecule has 0 aliphatic carbocycles. The van der Waals surface area contributed by atoms with Crippen LogP contribution in [-0.2, 0) is 30.9 Å². The first-order chi connectivity index (χ1) is 13.1. The molecular formula is C21H21ClN2O3. The monoisotopic (exact) mass is 384 g/mol. The molecule has 1 N–H and O–H groups in total. The van der Waals surface area contributed by atoms with E-state index in [2.05, 4.69) is 17.3 Å². The lowest BCUT2D eigenvalue weighted by molar-refractivity contribution is 0.138. The first-order valence-corrected chi connectivity index (χ1v) is 9.34. The van der Waals surface area contributed by atoms with E-state index in [0.717, 1.165) is 58.0 Å². The fourth-order valence-corrected chi connectivity index (χ4v) is 3.74. The Morgan fingerprint density at radius 2 is 2.04 bits per heavy atom. The Hall–Kier alpha value is -2.50. The summed E-state index contributed by atoms with van der Waals surface area (Å²) >= 11 is 6.42. The predicted molar refractivity (Wildman–Crippen MR) is 105 cm³/mol. The van der Waals surface area contributed by atoms with Gasteiger partial charge in [-0.15, -0.1) is 0 Å². The van der Waals surface area contributed by atoms with E-state index in [9.17, 15) is 4.79 Å². The molecule has 0 atom stereocenters. The van der Waals surface area contributed by atoms with Crippen LogP contribution in [0.4, 0.5) is 4.79 Å². The number of benzene rings is 2. The highest BCUT2D eigenvalue weighted by Crippen LogP contribution is 2.36. The summed E-state index contributed by atoms with van der Waals surface area (Å²) in [4.78, 5) is 14.3. The van der Waals surface area contributed by atoms with Crippen LogP contribution in [0.25, 0.3) is 11.0 Å². The molecule has 1 aliphatic heterocycles. The van der Waals surface area contributed by atoms with Gasteiger partial charge >= 0.3 is 6.09 Å². The summed E-state index contributed by atoms with van der Waals surface area (Å²) in [5, 5.41) is 4.64. The molecule has 0 saturated carbocycles. The van der Waals surface area contributed by atoms with Crippen molar-refractivity contribution in [2.75, 3.05) is 13.6 Å². The van der Waals surface area contributed by atoms with Gasteiger partial charge in [0.1, 0.15) is 18.0 Å². The molecule has 140 valence electrons. The zero-order chi connectivity index (χ0) is 18.8. The molecule has 0 radical (unpaired) electrons. The lowest BCUT2D eigenvalue weighted by Crippen LogP contribution is -2.24. The minimum atomic E-state index is -0.466. The van der Waals surface area contributed by atoms with Crippen molar-refractivity contribution in [1.82, 2.24) is 10.2 Å². The number of carbonyl (C=O) groups is 1. The maximum atomic E-state index is 12.1. The third-order valence-electron chi connectivity index (χ3n) is 4.87. The maximum Gasteiger partial charge on any atom is 0.407 e. The van der Waals surface area contributed by atoms with Crippen molar-refractivity contribution < 1.29 is 13.9 Å². The van der Waals surface area contributed by atoms with Gasteiger partial charge in [-0.2, -0.15) is 0 Å². The normalized spacial score (nSPS) is 14.1. The van der Waals surface area contributed by atoms with E-state index < -0.39 is 6.09 Å². The van der Waals surface area contributed by atoms with E-state index in [4.69, 9.17) is 20.8 Å². The predicted octanol–water partition coefficient (Wildman–Crippen LogP) is 4.50. The quantitative estimate of drug-likeness (QED) is 0.719. The maximum absolute atomic E-state index is 12.1. The number of amides is 1. The SMILES string of the molecule is CN1CCc2c(Cl)ccc3oc(CNC(=O)OCc4ccccc4)c(c23)C1. The fraction of sp³-hybridized carbons (Fsp3) is 0.286. The van der Waals surface area contributed by atoms with Gasteiger partial charge in [-0.3, -0.25) is 0 Å². The van der Waals surface area contributed by atoms with E-state index in [1.165, 1.54) is 0 Å². The van der Waals surface area contributed by atoms with Crippen molar-refractivity contribution in [2.24, 2.45) is 0 Å². The molecule has 2 heterocycles. The molecule has 0 spiro atoms. The molecule has 27 heavy (non-hydrogen) atoms. The van der Waals surface area contributed by atoms with Crippen LogP contribution >= 0.6 is 11.6 Å². The number of alkyl carbamates (subject to hydrolysis) is 1. The first kappa shape index (κ1) is 17.9. The number of halogens is 1. The molecule has 0 saturated heterocycles. The number of rotatable bonds is 4. The summed E-state index contributed by atoms with van der Waals surface area (Å²) in [5.74, 6) is 0.749. The molecule has 5 nitrogen and oxygen atoms in total. The zero-order valence-electron chi connectivity index (χ0n) is 15.1. The van der Waals surface area contributed by atoms with E-state index in [-0.39, 0.29) is 13.2 Å². The highest BCUT2D eigenvalue weighted by molar-refractivity contribution is 6.32. The van der Waals surface area contributed by atoms with Crippen LogP contribution in [-0.4, -0.2) is 24.6 Å². The van der Waals surface area contributed by atoms with Crippen molar-refractivity contribution in [3.05, 3.63) is 69.9 Å². The van der Waals surface area contributed by atoms with Gasteiger partial charge < -0.3 is 19.4 Å². The Morgan fingerprint density at radius 3 is 2.85 bits per heavy atom. The third kappa shape index (κ3) is 3.80. The first-order valence-electron chi connectivity index (χ1n) is 8.96. The summed E-state index contributed by atoms with van der Waals surface area (Å²) in [6, 6.07) is 13.4. The van der Waals surface area contributed by atoms with Gasteiger partial charge in [0.05, 0.1) is 6.54 Å². The van der Waals surface area contributed by atoms with E-state index in [1.54, 1.807) is 0 Å². The van der Waals surface area contributed by atoms with Crippen molar-refractivity contribution in [3.8, 4) is 0 Å². The summed E-state index contributed by atoms with van der Waals surface area (Å²) in [6.45, 7) is 2.21. The molecule has 3 aromatic rings. The number of ether oxygens (including phenoxy) is 1. The molecule has 1 aromatic heterocycles. The molecule has 2 aromatic carbocycles. The largest absolute Gasteiger partial charge is 0.459 e. The van der Waals surface area contributed by atoms with Crippen molar-refractivity contribution in [2.45, 2.75) is 26.1 Å². The standard InChI is InChI=1S/C21H21ClN2O3/c1-24-10-9-15-17(22)7-8-18-20(15)16(12-24)19(27-18)11-23-21(25)26-13-14-5-3-2-4-6-14/h2-8H,9-13H2,1H3,(H,23,25). The molecule has 1 aliphatic rings. The van der Waals surface area contributed by atoms with E-state index in [1.807, 2.05) is 42.5 Å². The Balaban J connectivity index is 1.50. The highest BCUT2D eigenvalue weighted by atomic mass is 35.5. The zero-order valence-corrected chi connectivity index (χ0v) is 15.9. The van der Waals surface area contributed by atoms with E-state index in [0.29, 0.717) is 0 Å². The number of furan rings is 1. The van der Waals surface area contributed by atoms with Crippen LogP contribution in [0.1, 0.15) is 22.5 Å². The molecule has 0 unspecified atom stereocenters. The van der Waals surface area contributed by atoms with Crippen LogP contribution in [0, 0.1) is 0 Å². The number of nitrogens with zero attached hydrogens (tertiary/aromatic N) is 1. The second-order valence-electron chi connectivity index (χ2n) is 6.81. The topological polar surface area (TPSA) is 54.7 Å². The van der Waals surface area contributed by atoms with Gasteiger partial charge in [0.15, 0.2) is 0 Å². The molecule has 0 fully saturated rings. The van der Waals surface area contributed by atoms with Gasteiger partial charge in [-0.1, -0.05) is 41.9 Å². The van der Waals surface area contributed by atoms with Gasteiger partial charge in [0, 0.05) is 29.1 Å². The summed E-state index contributed by atoms with van der Waals surface area (Å²) in [7, 11) is 2.07. The number of hydrogen-bond donors (Lipinski definition) is 1. The van der Waals surface area contributed by atoms with Crippen molar-refractivity contribution in [1.29, 1.82) is 0 Å². The Bertz CT molecular complexity index is 968. The highest BCUT2D eigenvalue weighted by Gasteiger charge is 2.23. The van der Waals surface area contributed by atoms with Crippen molar-refractivity contribution >= 4 is 28.7 Å². The van der Waals surface area contributed by atoms with Crippen LogP contribution in [0.15, 0.2) is 46.9 Å². The molecule has 0 bridgehead atoms. The van der Waals surface area contributed by atoms with Gasteiger partial charge in [0.2, 0.25) is 0 Å². The van der Waals surface area contributed by atoms with Gasteiger partial charge in [0.25, 0.3) is 0 Å². The Kier molecular flexibility index (Phi) is 5.05. The summed E-state index contributed by atoms with van der Waals surface area (Å²) < 4.78 is 11.3. The van der Waals surface area contributed by atoms with E-state index >= 15 is 0 Å². The molecular weight excluding hydrogens is 364 g/mol. The fourth-order valence-electron chi connectivity index (χ4n) is 3.48. The lowest BCUT2D eigenvalue weighted by atomic mass is 10.0. The van der Waals surface area contributed by atoms with Gasteiger partial charge in [-0.05, 0) is 36.7 Å². The Labute approximate surface area is 162 Å². The average molecular weight is 385 g/mol. The van der Waals surface area contributed by atoms with Crippen LogP contribution < -0.4 is 5.32 Å². The van der Waals surface area contributed by atoms with Crippen LogP contribution in [0.2, 0.25) is 5.02 Å². The molecule has 4 rings (SSSR count). The lowest BCUT2D eigenvalue weighted by Gasteiger charge is -2.13. The van der Waals surface area contributed by atoms with Crippen molar-refractivity contribution in [3.63, 3.8) is 0 Å². The summed E-state index contributed by atoms with van der Waals surface area (Å²) in [6.07, 6.45) is 0.414. The van der Waals surface area contributed by atoms with Gasteiger partial charge in [-0.25, -0.2) is 4.79 Å².